The van der Waals surface area contributed by atoms with Crippen LogP contribution in [-0.4, -0.2) is 4.98 Å². The topological polar surface area (TPSA) is 38.9 Å². The van der Waals surface area contributed by atoms with Gasteiger partial charge in [-0.3, -0.25) is 0 Å². The summed E-state index contributed by atoms with van der Waals surface area (Å²) in [6.45, 7) is 2.09. The second-order valence-electron chi connectivity index (χ2n) is 3.72. The van der Waals surface area contributed by atoms with E-state index in [2.05, 4.69) is 36.2 Å². The van der Waals surface area contributed by atoms with Gasteiger partial charge in [0, 0.05) is 12.1 Å². The van der Waals surface area contributed by atoms with Crippen LogP contribution >= 0.6 is 0 Å². The molecule has 1 heterocycles. The van der Waals surface area contributed by atoms with Crippen molar-refractivity contribution in [1.29, 1.82) is 0 Å². The van der Waals surface area contributed by atoms with Crippen molar-refractivity contribution in [3.8, 4) is 0 Å². The van der Waals surface area contributed by atoms with E-state index in [4.69, 9.17) is 5.73 Å². The van der Waals surface area contributed by atoms with Crippen molar-refractivity contribution in [3.63, 3.8) is 0 Å². The van der Waals surface area contributed by atoms with Crippen molar-refractivity contribution >= 4 is 5.82 Å². The van der Waals surface area contributed by atoms with Crippen LogP contribution in [0.15, 0.2) is 42.5 Å². The van der Waals surface area contributed by atoms with Crippen LogP contribution in [0.1, 0.15) is 16.8 Å². The second-order valence-corrected chi connectivity index (χ2v) is 3.72. The van der Waals surface area contributed by atoms with Gasteiger partial charge in [0.2, 0.25) is 0 Å². The van der Waals surface area contributed by atoms with Crippen LogP contribution < -0.4 is 5.73 Å². The van der Waals surface area contributed by atoms with Crippen LogP contribution in [0.25, 0.3) is 0 Å². The lowest BCUT2D eigenvalue weighted by Crippen LogP contribution is -1.96. The molecule has 1 aromatic heterocycles. The molecular weight excluding hydrogens is 184 g/mol. The molecule has 15 heavy (non-hydrogen) atoms. The molecule has 0 fully saturated rings. The summed E-state index contributed by atoms with van der Waals surface area (Å²) in [6, 6.07) is 14.2. The van der Waals surface area contributed by atoms with Crippen LogP contribution in [0.3, 0.4) is 0 Å². The van der Waals surface area contributed by atoms with Crippen molar-refractivity contribution < 1.29 is 0 Å². The molecule has 2 aromatic rings. The first kappa shape index (κ1) is 9.71. The van der Waals surface area contributed by atoms with Crippen molar-refractivity contribution in [1.82, 2.24) is 4.98 Å². The lowest BCUT2D eigenvalue weighted by molar-refractivity contribution is 1.08. The first-order chi connectivity index (χ1) is 7.24. The van der Waals surface area contributed by atoms with Crippen molar-refractivity contribution in [3.05, 3.63) is 59.3 Å². The molecule has 0 aliphatic carbocycles. The molecule has 0 aliphatic rings. The van der Waals surface area contributed by atoms with E-state index >= 15 is 0 Å². The standard InChI is InChI=1S/C13H14N2/c1-10-5-7-11(8-6-10)9-12-3-2-4-13(14)15-12/h2-8H,9H2,1H3,(H2,14,15). The van der Waals surface area contributed by atoms with Crippen molar-refractivity contribution in [2.75, 3.05) is 5.73 Å². The number of benzene rings is 1. The number of rotatable bonds is 2. The van der Waals surface area contributed by atoms with Gasteiger partial charge in [-0.05, 0) is 24.6 Å². The number of pyridine rings is 1. The van der Waals surface area contributed by atoms with E-state index in [-0.39, 0.29) is 0 Å². The van der Waals surface area contributed by atoms with Gasteiger partial charge in [-0.15, -0.1) is 0 Å². The number of anilines is 1. The molecule has 2 N–H and O–H groups in total. The van der Waals surface area contributed by atoms with Gasteiger partial charge < -0.3 is 5.73 Å². The smallest absolute Gasteiger partial charge is 0.123 e. The molecule has 0 atom stereocenters. The Morgan fingerprint density at radius 3 is 2.47 bits per heavy atom. The molecule has 76 valence electrons. The van der Waals surface area contributed by atoms with E-state index in [0.29, 0.717) is 5.82 Å². The summed E-state index contributed by atoms with van der Waals surface area (Å²) < 4.78 is 0. The zero-order chi connectivity index (χ0) is 10.7. The van der Waals surface area contributed by atoms with Crippen LogP contribution in [0, 0.1) is 6.92 Å². The molecule has 0 saturated carbocycles. The SMILES string of the molecule is Cc1ccc(Cc2cccc(N)n2)cc1. The molecule has 0 amide bonds. The maximum atomic E-state index is 5.63. The Hall–Kier alpha value is -1.83. The minimum absolute atomic E-state index is 0.583. The highest BCUT2D eigenvalue weighted by Gasteiger charge is 1.97. The number of hydrogen-bond acceptors (Lipinski definition) is 2. The Bertz CT molecular complexity index is 446. The lowest BCUT2D eigenvalue weighted by atomic mass is 10.1. The van der Waals surface area contributed by atoms with Gasteiger partial charge >= 0.3 is 0 Å². The zero-order valence-electron chi connectivity index (χ0n) is 8.77. The van der Waals surface area contributed by atoms with Gasteiger partial charge in [-0.25, -0.2) is 4.98 Å². The quantitative estimate of drug-likeness (QED) is 0.805. The first-order valence-corrected chi connectivity index (χ1v) is 5.01. The van der Waals surface area contributed by atoms with Gasteiger partial charge in [-0.1, -0.05) is 35.9 Å². The molecule has 0 aliphatic heterocycles. The van der Waals surface area contributed by atoms with E-state index in [1.54, 1.807) is 6.07 Å². The number of nitrogens with two attached hydrogens (primary N) is 1. The number of nitrogen functional groups attached to an aromatic ring is 1. The first-order valence-electron chi connectivity index (χ1n) is 5.01. The van der Waals surface area contributed by atoms with E-state index in [0.717, 1.165) is 12.1 Å². The number of aromatic nitrogens is 1. The highest BCUT2D eigenvalue weighted by Crippen LogP contribution is 2.09. The average Bonchev–Trinajstić information content (AvgIpc) is 2.22. The third-order valence-electron chi connectivity index (χ3n) is 2.33. The average molecular weight is 198 g/mol. The van der Waals surface area contributed by atoms with E-state index < -0.39 is 0 Å². The molecular formula is C13H14N2. The molecule has 0 bridgehead atoms. The Labute approximate surface area is 89.8 Å². The summed E-state index contributed by atoms with van der Waals surface area (Å²) in [6.07, 6.45) is 0.839. The van der Waals surface area contributed by atoms with Gasteiger partial charge in [-0.2, -0.15) is 0 Å². The van der Waals surface area contributed by atoms with Crippen molar-refractivity contribution in [2.45, 2.75) is 13.3 Å². The predicted molar refractivity (Wildman–Crippen MR) is 62.6 cm³/mol. The third-order valence-corrected chi connectivity index (χ3v) is 2.33. The second kappa shape index (κ2) is 4.13. The van der Waals surface area contributed by atoms with Crippen LogP contribution in [-0.2, 0) is 6.42 Å². The summed E-state index contributed by atoms with van der Waals surface area (Å²) >= 11 is 0. The fraction of sp³-hybridized carbons (Fsp3) is 0.154. The zero-order valence-corrected chi connectivity index (χ0v) is 8.77. The summed E-state index contributed by atoms with van der Waals surface area (Å²) in [5.74, 6) is 0.583. The van der Waals surface area contributed by atoms with Gasteiger partial charge in [0.15, 0.2) is 0 Å². The molecule has 2 nitrogen and oxygen atoms in total. The minimum Gasteiger partial charge on any atom is -0.384 e. The summed E-state index contributed by atoms with van der Waals surface area (Å²) in [5, 5.41) is 0. The monoisotopic (exact) mass is 198 g/mol. The summed E-state index contributed by atoms with van der Waals surface area (Å²) in [5.41, 5.74) is 9.18. The largest absolute Gasteiger partial charge is 0.384 e. The molecule has 2 rings (SSSR count). The molecule has 1 aromatic carbocycles. The maximum Gasteiger partial charge on any atom is 0.123 e. The molecule has 0 spiro atoms. The van der Waals surface area contributed by atoms with E-state index in [1.807, 2.05) is 12.1 Å². The Morgan fingerprint density at radius 2 is 1.80 bits per heavy atom. The molecule has 0 saturated heterocycles. The number of nitrogens with zero attached hydrogens (tertiary/aromatic N) is 1. The lowest BCUT2D eigenvalue weighted by Gasteiger charge is -2.02. The summed E-state index contributed by atoms with van der Waals surface area (Å²) in [4.78, 5) is 4.27. The fourth-order valence-electron chi connectivity index (χ4n) is 1.51. The van der Waals surface area contributed by atoms with E-state index in [1.165, 1.54) is 11.1 Å². The van der Waals surface area contributed by atoms with Crippen LogP contribution in [0.4, 0.5) is 5.82 Å². The van der Waals surface area contributed by atoms with E-state index in [9.17, 15) is 0 Å². The highest BCUT2D eigenvalue weighted by atomic mass is 14.8. The van der Waals surface area contributed by atoms with Gasteiger partial charge in [0.05, 0.1) is 0 Å². The number of hydrogen-bond donors (Lipinski definition) is 1. The number of aryl methyl sites for hydroxylation is 1. The molecule has 2 heteroatoms. The maximum absolute atomic E-state index is 5.63. The summed E-state index contributed by atoms with van der Waals surface area (Å²) in [7, 11) is 0. The Balaban J connectivity index is 2.18. The van der Waals surface area contributed by atoms with Gasteiger partial charge in [0.25, 0.3) is 0 Å². The Morgan fingerprint density at radius 1 is 1.07 bits per heavy atom. The molecule has 0 unspecified atom stereocenters. The van der Waals surface area contributed by atoms with Crippen LogP contribution in [0.2, 0.25) is 0 Å². The molecule has 0 radical (unpaired) electrons. The minimum atomic E-state index is 0.583. The third kappa shape index (κ3) is 2.56. The predicted octanol–water partition coefficient (Wildman–Crippen LogP) is 2.56. The van der Waals surface area contributed by atoms with Crippen LogP contribution in [0.5, 0.6) is 0 Å². The highest BCUT2D eigenvalue weighted by molar-refractivity contribution is 5.31. The fourth-order valence-corrected chi connectivity index (χ4v) is 1.51. The normalized spacial score (nSPS) is 10.2. The Kier molecular flexibility index (Phi) is 2.68. The van der Waals surface area contributed by atoms with Gasteiger partial charge in [0.1, 0.15) is 5.82 Å². The van der Waals surface area contributed by atoms with Crippen molar-refractivity contribution in [2.24, 2.45) is 0 Å².